The molecule has 0 spiro atoms. The molecule has 0 unspecified atom stereocenters. The highest BCUT2D eigenvalue weighted by Gasteiger charge is 2.07. The first kappa shape index (κ1) is 11.6. The molecule has 0 amide bonds. The van der Waals surface area contributed by atoms with Crippen LogP contribution in [0.1, 0.15) is 16.7 Å². The average molecular weight is 224 g/mol. The summed E-state index contributed by atoms with van der Waals surface area (Å²) >= 11 is 0. The molecule has 0 atom stereocenters. The second kappa shape index (κ2) is 4.98. The van der Waals surface area contributed by atoms with Crippen LogP contribution in [0.25, 0.3) is 16.8 Å². The van der Waals surface area contributed by atoms with Crippen molar-refractivity contribution >= 4 is 16.8 Å². The summed E-state index contributed by atoms with van der Waals surface area (Å²) in [6.07, 6.45) is 5.65. The van der Waals surface area contributed by atoms with Crippen LogP contribution in [0.15, 0.2) is 49.1 Å². The molecule has 1 N–H and O–H groups in total. The van der Waals surface area contributed by atoms with Crippen LogP contribution in [0, 0.1) is 6.92 Å². The number of rotatable bonds is 3. The first-order chi connectivity index (χ1) is 8.27. The van der Waals surface area contributed by atoms with Crippen molar-refractivity contribution in [2.45, 2.75) is 13.5 Å². The summed E-state index contributed by atoms with van der Waals surface area (Å²) in [4.78, 5) is 0. The summed E-state index contributed by atoms with van der Waals surface area (Å²) in [6, 6.07) is 10.3. The molecule has 0 aliphatic carbocycles. The lowest BCUT2D eigenvalue weighted by Crippen LogP contribution is -1.94. The Hall–Kier alpha value is -1.86. The highest BCUT2D eigenvalue weighted by atomic mass is 16.3. The maximum Gasteiger partial charge on any atom is 0.0693 e. The molecule has 1 nitrogen and oxygen atoms in total. The van der Waals surface area contributed by atoms with Crippen LogP contribution in [-0.2, 0) is 6.61 Å². The Labute approximate surface area is 102 Å². The van der Waals surface area contributed by atoms with Crippen molar-refractivity contribution in [3.8, 4) is 0 Å². The highest BCUT2D eigenvalue weighted by Crippen LogP contribution is 2.26. The van der Waals surface area contributed by atoms with Gasteiger partial charge < -0.3 is 5.11 Å². The van der Waals surface area contributed by atoms with Gasteiger partial charge in [-0.05, 0) is 34.4 Å². The Morgan fingerprint density at radius 3 is 2.76 bits per heavy atom. The van der Waals surface area contributed by atoms with Gasteiger partial charge in [0.25, 0.3) is 0 Å². The second-order valence-electron chi connectivity index (χ2n) is 4.06. The molecule has 17 heavy (non-hydrogen) atoms. The predicted molar refractivity (Wildman–Crippen MR) is 73.8 cm³/mol. The number of hydrogen-bond donors (Lipinski definition) is 1. The zero-order valence-electron chi connectivity index (χ0n) is 9.98. The van der Waals surface area contributed by atoms with E-state index in [1.54, 1.807) is 6.08 Å². The molecule has 2 aromatic rings. The molecular formula is C16H16O. The molecule has 0 aromatic heterocycles. The fourth-order valence-electron chi connectivity index (χ4n) is 2.16. The van der Waals surface area contributed by atoms with Crippen LogP contribution >= 0.6 is 0 Å². The largest absolute Gasteiger partial charge is 0.392 e. The lowest BCUT2D eigenvalue weighted by atomic mass is 9.95. The Morgan fingerprint density at radius 1 is 1.29 bits per heavy atom. The number of aliphatic hydroxyl groups is 1. The van der Waals surface area contributed by atoms with Gasteiger partial charge in [0.2, 0.25) is 0 Å². The Bertz CT molecular complexity index is 579. The Balaban J connectivity index is 2.78. The smallest absolute Gasteiger partial charge is 0.0693 e. The minimum absolute atomic E-state index is 0.0546. The van der Waals surface area contributed by atoms with Gasteiger partial charge in [-0.25, -0.2) is 0 Å². The van der Waals surface area contributed by atoms with Crippen LogP contribution in [0.2, 0.25) is 0 Å². The topological polar surface area (TPSA) is 20.2 Å². The number of allylic oxidation sites excluding steroid dienone is 2. The Kier molecular flexibility index (Phi) is 3.40. The SMILES string of the molecule is C=C/C=C\c1c(C)cc2ccccc2c1CO. The number of aryl methyl sites for hydroxylation is 1. The van der Waals surface area contributed by atoms with E-state index in [2.05, 4.69) is 25.6 Å². The molecule has 0 saturated heterocycles. The number of hydrogen-bond acceptors (Lipinski definition) is 1. The standard InChI is InChI=1S/C16H16O/c1-3-4-8-14-12(2)10-13-7-5-6-9-15(13)16(14)11-17/h3-10,17H,1,11H2,2H3/b8-4-. The summed E-state index contributed by atoms with van der Waals surface area (Å²) in [5, 5.41) is 11.9. The summed E-state index contributed by atoms with van der Waals surface area (Å²) in [6.45, 7) is 5.79. The van der Waals surface area contributed by atoms with Gasteiger partial charge in [-0.15, -0.1) is 0 Å². The van der Waals surface area contributed by atoms with E-state index in [0.717, 1.165) is 16.5 Å². The van der Waals surface area contributed by atoms with Crippen LogP contribution in [0.3, 0.4) is 0 Å². The maximum absolute atomic E-state index is 9.58. The van der Waals surface area contributed by atoms with Crippen LogP contribution < -0.4 is 0 Å². The first-order valence-electron chi connectivity index (χ1n) is 5.69. The normalized spacial score (nSPS) is 11.2. The second-order valence-corrected chi connectivity index (χ2v) is 4.06. The summed E-state index contributed by atoms with van der Waals surface area (Å²) in [5.41, 5.74) is 3.25. The summed E-state index contributed by atoms with van der Waals surface area (Å²) in [5.74, 6) is 0. The summed E-state index contributed by atoms with van der Waals surface area (Å²) in [7, 11) is 0. The zero-order valence-corrected chi connectivity index (χ0v) is 9.98. The first-order valence-corrected chi connectivity index (χ1v) is 5.69. The van der Waals surface area contributed by atoms with Crippen LogP contribution in [-0.4, -0.2) is 5.11 Å². The third-order valence-electron chi connectivity index (χ3n) is 2.96. The third-order valence-corrected chi connectivity index (χ3v) is 2.96. The van der Waals surface area contributed by atoms with E-state index < -0.39 is 0 Å². The molecule has 2 rings (SSSR count). The van der Waals surface area contributed by atoms with E-state index in [1.165, 1.54) is 10.9 Å². The Morgan fingerprint density at radius 2 is 2.06 bits per heavy atom. The maximum atomic E-state index is 9.58. The molecule has 0 radical (unpaired) electrons. The van der Waals surface area contributed by atoms with E-state index in [1.807, 2.05) is 30.4 Å². The van der Waals surface area contributed by atoms with Gasteiger partial charge in [-0.1, -0.05) is 55.1 Å². The number of fused-ring (bicyclic) bond motifs is 1. The van der Waals surface area contributed by atoms with Gasteiger partial charge in [0.15, 0.2) is 0 Å². The van der Waals surface area contributed by atoms with Gasteiger partial charge in [0.1, 0.15) is 0 Å². The van der Waals surface area contributed by atoms with Crippen molar-refractivity contribution in [1.29, 1.82) is 0 Å². The number of aliphatic hydroxyl groups excluding tert-OH is 1. The van der Waals surface area contributed by atoms with Crippen molar-refractivity contribution in [3.05, 3.63) is 65.8 Å². The van der Waals surface area contributed by atoms with E-state index >= 15 is 0 Å². The van der Waals surface area contributed by atoms with E-state index in [0.29, 0.717) is 0 Å². The van der Waals surface area contributed by atoms with Gasteiger partial charge >= 0.3 is 0 Å². The molecule has 0 saturated carbocycles. The fourth-order valence-corrected chi connectivity index (χ4v) is 2.16. The van der Waals surface area contributed by atoms with Crippen molar-refractivity contribution in [2.24, 2.45) is 0 Å². The van der Waals surface area contributed by atoms with Crippen molar-refractivity contribution < 1.29 is 5.11 Å². The zero-order chi connectivity index (χ0) is 12.3. The predicted octanol–water partition coefficient (Wildman–Crippen LogP) is 3.84. The minimum Gasteiger partial charge on any atom is -0.392 e. The quantitative estimate of drug-likeness (QED) is 0.785. The molecular weight excluding hydrogens is 208 g/mol. The van der Waals surface area contributed by atoms with Crippen molar-refractivity contribution in [3.63, 3.8) is 0 Å². The van der Waals surface area contributed by atoms with Gasteiger partial charge in [0, 0.05) is 0 Å². The van der Waals surface area contributed by atoms with Crippen LogP contribution in [0.5, 0.6) is 0 Å². The van der Waals surface area contributed by atoms with E-state index in [-0.39, 0.29) is 6.61 Å². The van der Waals surface area contributed by atoms with Gasteiger partial charge in [0.05, 0.1) is 6.61 Å². The lowest BCUT2D eigenvalue weighted by molar-refractivity contribution is 0.283. The molecule has 86 valence electrons. The fraction of sp³-hybridized carbons (Fsp3) is 0.125. The monoisotopic (exact) mass is 224 g/mol. The molecule has 1 heteroatoms. The third kappa shape index (κ3) is 2.15. The molecule has 0 fully saturated rings. The minimum atomic E-state index is 0.0546. The lowest BCUT2D eigenvalue weighted by Gasteiger charge is -2.11. The van der Waals surface area contributed by atoms with E-state index in [4.69, 9.17) is 0 Å². The highest BCUT2D eigenvalue weighted by molar-refractivity contribution is 5.90. The molecule has 0 aliphatic heterocycles. The van der Waals surface area contributed by atoms with E-state index in [9.17, 15) is 5.11 Å². The van der Waals surface area contributed by atoms with Crippen molar-refractivity contribution in [2.75, 3.05) is 0 Å². The van der Waals surface area contributed by atoms with Gasteiger partial charge in [-0.3, -0.25) is 0 Å². The number of benzene rings is 2. The molecule has 0 heterocycles. The van der Waals surface area contributed by atoms with Crippen molar-refractivity contribution in [1.82, 2.24) is 0 Å². The van der Waals surface area contributed by atoms with Gasteiger partial charge in [-0.2, -0.15) is 0 Å². The molecule has 0 bridgehead atoms. The molecule has 2 aromatic carbocycles. The summed E-state index contributed by atoms with van der Waals surface area (Å²) < 4.78 is 0. The van der Waals surface area contributed by atoms with Crippen LogP contribution in [0.4, 0.5) is 0 Å². The molecule has 0 aliphatic rings. The average Bonchev–Trinajstić information content (AvgIpc) is 2.35.